The predicted molar refractivity (Wildman–Crippen MR) is 68.6 cm³/mol. The number of nitriles is 1. The van der Waals surface area contributed by atoms with Crippen molar-refractivity contribution in [3.63, 3.8) is 0 Å². The van der Waals surface area contributed by atoms with E-state index in [4.69, 9.17) is 5.26 Å². The molecule has 0 saturated carbocycles. The van der Waals surface area contributed by atoms with Crippen LogP contribution in [-0.2, 0) is 4.79 Å². The highest BCUT2D eigenvalue weighted by molar-refractivity contribution is 7.10. The third-order valence-electron chi connectivity index (χ3n) is 2.57. The molecule has 1 aromatic rings. The number of thiophene rings is 1. The summed E-state index contributed by atoms with van der Waals surface area (Å²) in [6.07, 6.45) is 0.357. The molecule has 17 heavy (non-hydrogen) atoms. The zero-order valence-electron chi connectivity index (χ0n) is 10.1. The molecule has 4 nitrogen and oxygen atoms in total. The normalized spacial score (nSPS) is 12.1. The fourth-order valence-electron chi connectivity index (χ4n) is 1.42. The van der Waals surface area contributed by atoms with Gasteiger partial charge in [-0.25, -0.2) is 0 Å². The molecule has 1 N–H and O–H groups in total. The van der Waals surface area contributed by atoms with Crippen molar-refractivity contribution in [2.24, 2.45) is 0 Å². The van der Waals surface area contributed by atoms with Gasteiger partial charge in [-0.05, 0) is 25.4 Å². The minimum absolute atomic E-state index is 0.0360. The summed E-state index contributed by atoms with van der Waals surface area (Å²) in [5.74, 6) is -0.0360. The maximum absolute atomic E-state index is 11.5. The van der Waals surface area contributed by atoms with Crippen LogP contribution in [0.3, 0.4) is 0 Å². The van der Waals surface area contributed by atoms with Crippen molar-refractivity contribution in [1.29, 1.82) is 5.26 Å². The van der Waals surface area contributed by atoms with Crippen LogP contribution >= 0.6 is 11.3 Å². The van der Waals surface area contributed by atoms with Crippen molar-refractivity contribution in [2.75, 3.05) is 20.1 Å². The number of carbonyl (C=O) groups is 1. The van der Waals surface area contributed by atoms with Crippen molar-refractivity contribution in [2.45, 2.75) is 19.4 Å². The Labute approximate surface area is 106 Å². The highest BCUT2D eigenvalue weighted by Crippen LogP contribution is 2.22. The maximum atomic E-state index is 11.5. The van der Waals surface area contributed by atoms with Crippen LogP contribution in [0.1, 0.15) is 24.3 Å². The second-order valence-corrected chi connectivity index (χ2v) is 4.84. The van der Waals surface area contributed by atoms with Crippen LogP contribution in [0.15, 0.2) is 17.5 Å². The molecule has 0 aromatic carbocycles. The summed E-state index contributed by atoms with van der Waals surface area (Å²) in [7, 11) is 1.92. The van der Waals surface area contributed by atoms with E-state index in [1.165, 1.54) is 4.88 Å². The van der Waals surface area contributed by atoms with E-state index in [9.17, 15) is 4.79 Å². The smallest absolute Gasteiger partial charge is 0.234 e. The Hall–Kier alpha value is -1.38. The van der Waals surface area contributed by atoms with Crippen LogP contribution in [0.2, 0.25) is 0 Å². The minimum atomic E-state index is -0.0360. The van der Waals surface area contributed by atoms with Gasteiger partial charge >= 0.3 is 0 Å². The lowest BCUT2D eigenvalue weighted by Gasteiger charge is -2.22. The molecule has 5 heteroatoms. The molecule has 1 amide bonds. The van der Waals surface area contributed by atoms with E-state index in [1.807, 2.05) is 29.5 Å². The Bertz CT molecular complexity index is 383. The molecule has 0 unspecified atom stereocenters. The van der Waals surface area contributed by atoms with Crippen LogP contribution in [0.5, 0.6) is 0 Å². The lowest BCUT2D eigenvalue weighted by atomic mass is 10.2. The summed E-state index contributed by atoms with van der Waals surface area (Å²) in [6, 6.07) is 6.31. The molecule has 1 aromatic heterocycles. The summed E-state index contributed by atoms with van der Waals surface area (Å²) in [5.41, 5.74) is 0. The molecule has 0 aliphatic rings. The highest BCUT2D eigenvalue weighted by atomic mass is 32.1. The molecule has 0 radical (unpaired) electrons. The average molecular weight is 251 g/mol. The van der Waals surface area contributed by atoms with Crippen LogP contribution in [0, 0.1) is 11.3 Å². The standard InChI is InChI=1S/C12H17N3OS/c1-10(11-5-3-8-17-11)15(2)9-12(16)14-7-4-6-13/h3,5,8,10H,4,7,9H2,1-2H3,(H,14,16)/t10-/m0/s1. The first-order chi connectivity index (χ1) is 8.15. The molecular weight excluding hydrogens is 234 g/mol. The molecule has 1 rings (SSSR count). The minimum Gasteiger partial charge on any atom is -0.354 e. The van der Waals surface area contributed by atoms with Crippen LogP contribution in [-0.4, -0.2) is 30.9 Å². The molecule has 0 aliphatic heterocycles. The van der Waals surface area contributed by atoms with E-state index in [0.29, 0.717) is 19.5 Å². The first-order valence-electron chi connectivity index (χ1n) is 5.52. The van der Waals surface area contributed by atoms with Gasteiger partial charge in [0, 0.05) is 17.5 Å². The summed E-state index contributed by atoms with van der Waals surface area (Å²) in [6.45, 7) is 2.86. The zero-order chi connectivity index (χ0) is 12.7. The Morgan fingerprint density at radius 3 is 3.06 bits per heavy atom. The van der Waals surface area contributed by atoms with Gasteiger partial charge in [-0.15, -0.1) is 11.3 Å². The van der Waals surface area contributed by atoms with E-state index in [0.717, 1.165) is 0 Å². The average Bonchev–Trinajstić information content (AvgIpc) is 2.81. The topological polar surface area (TPSA) is 56.1 Å². The number of hydrogen-bond donors (Lipinski definition) is 1. The van der Waals surface area contributed by atoms with Gasteiger partial charge in [0.05, 0.1) is 19.0 Å². The van der Waals surface area contributed by atoms with Gasteiger partial charge in [-0.1, -0.05) is 6.07 Å². The molecule has 1 atom stereocenters. The zero-order valence-corrected chi connectivity index (χ0v) is 11.0. The molecule has 0 fully saturated rings. The number of amides is 1. The van der Waals surface area contributed by atoms with Crippen molar-refractivity contribution >= 4 is 17.2 Å². The Morgan fingerprint density at radius 2 is 2.47 bits per heavy atom. The van der Waals surface area contributed by atoms with Crippen LogP contribution in [0.4, 0.5) is 0 Å². The van der Waals surface area contributed by atoms with Crippen LogP contribution < -0.4 is 5.32 Å². The summed E-state index contributed by atoms with van der Waals surface area (Å²) in [4.78, 5) is 14.8. The SMILES string of the molecule is C[C@@H](c1cccs1)N(C)CC(=O)NCCC#N. The van der Waals surface area contributed by atoms with Gasteiger partial charge in [-0.3, -0.25) is 9.69 Å². The predicted octanol–water partition coefficient (Wildman–Crippen LogP) is 1.77. The third kappa shape index (κ3) is 4.55. The highest BCUT2D eigenvalue weighted by Gasteiger charge is 2.15. The maximum Gasteiger partial charge on any atom is 0.234 e. The number of likely N-dealkylation sites (N-methyl/N-ethyl adjacent to an activating group) is 1. The summed E-state index contributed by atoms with van der Waals surface area (Å²) >= 11 is 1.69. The number of rotatable bonds is 6. The van der Waals surface area contributed by atoms with Crippen molar-refractivity contribution in [3.05, 3.63) is 22.4 Å². The largest absolute Gasteiger partial charge is 0.354 e. The summed E-state index contributed by atoms with van der Waals surface area (Å²) in [5, 5.41) is 13.1. The van der Waals surface area contributed by atoms with Gasteiger partial charge in [0.15, 0.2) is 0 Å². The molecule has 0 aliphatic carbocycles. The monoisotopic (exact) mass is 251 g/mol. The van der Waals surface area contributed by atoms with E-state index < -0.39 is 0 Å². The summed E-state index contributed by atoms with van der Waals surface area (Å²) < 4.78 is 0. The first-order valence-corrected chi connectivity index (χ1v) is 6.40. The Balaban J connectivity index is 2.36. The van der Waals surface area contributed by atoms with Gasteiger partial charge < -0.3 is 5.32 Å². The van der Waals surface area contributed by atoms with E-state index in [2.05, 4.69) is 18.3 Å². The quantitative estimate of drug-likeness (QED) is 0.784. The first kappa shape index (κ1) is 13.7. The Morgan fingerprint density at radius 1 is 1.71 bits per heavy atom. The molecule has 0 bridgehead atoms. The third-order valence-corrected chi connectivity index (χ3v) is 3.61. The Kier molecular flexibility index (Phi) is 5.67. The van der Waals surface area contributed by atoms with Crippen molar-refractivity contribution < 1.29 is 4.79 Å². The van der Waals surface area contributed by atoms with Gasteiger partial charge in [0.1, 0.15) is 0 Å². The second-order valence-electron chi connectivity index (χ2n) is 3.86. The van der Waals surface area contributed by atoms with Gasteiger partial charge in [0.25, 0.3) is 0 Å². The van der Waals surface area contributed by atoms with E-state index in [-0.39, 0.29) is 11.9 Å². The fourth-order valence-corrected chi connectivity index (χ4v) is 2.27. The number of nitrogens with zero attached hydrogens (tertiary/aromatic N) is 2. The van der Waals surface area contributed by atoms with Gasteiger partial charge in [0.2, 0.25) is 5.91 Å². The number of carbonyl (C=O) groups excluding carboxylic acids is 1. The van der Waals surface area contributed by atoms with Crippen molar-refractivity contribution in [1.82, 2.24) is 10.2 Å². The molecular formula is C12H17N3OS. The van der Waals surface area contributed by atoms with Crippen LogP contribution in [0.25, 0.3) is 0 Å². The number of hydrogen-bond acceptors (Lipinski definition) is 4. The number of nitrogens with one attached hydrogen (secondary N) is 1. The molecule has 1 heterocycles. The van der Waals surface area contributed by atoms with E-state index >= 15 is 0 Å². The fraction of sp³-hybridized carbons (Fsp3) is 0.500. The van der Waals surface area contributed by atoms with E-state index in [1.54, 1.807) is 11.3 Å². The lowest BCUT2D eigenvalue weighted by Crippen LogP contribution is -2.36. The molecule has 0 saturated heterocycles. The molecule has 0 spiro atoms. The lowest BCUT2D eigenvalue weighted by molar-refractivity contribution is -0.122. The van der Waals surface area contributed by atoms with Crippen molar-refractivity contribution in [3.8, 4) is 6.07 Å². The van der Waals surface area contributed by atoms with Gasteiger partial charge in [-0.2, -0.15) is 5.26 Å². The second kappa shape index (κ2) is 7.05. The molecule has 92 valence electrons.